The molecule has 0 spiro atoms. The van der Waals surface area contributed by atoms with Crippen LogP contribution >= 0.6 is 0 Å². The second kappa shape index (κ2) is 6.70. The molecule has 0 heterocycles. The standard InChI is InChI=1S/C16H14F3NO3/c17-16(18,19)11-4-2-6-13(8-11)23-12-5-1-3-10(7-12)14(20)9-15(21)22/h1-8,14H,9,20H2,(H,21,22). The minimum absolute atomic E-state index is 0.0313. The Balaban J connectivity index is 2.19. The molecule has 0 bridgehead atoms. The van der Waals surface area contributed by atoms with Crippen LogP contribution in [0.4, 0.5) is 13.2 Å². The van der Waals surface area contributed by atoms with Crippen LogP contribution in [0.25, 0.3) is 0 Å². The van der Waals surface area contributed by atoms with Crippen LogP contribution in [0.2, 0.25) is 0 Å². The van der Waals surface area contributed by atoms with Crippen molar-refractivity contribution in [2.45, 2.75) is 18.6 Å². The number of aliphatic carboxylic acids is 1. The first-order valence-electron chi connectivity index (χ1n) is 6.68. The molecule has 1 unspecified atom stereocenters. The zero-order valence-corrected chi connectivity index (χ0v) is 11.9. The lowest BCUT2D eigenvalue weighted by atomic mass is 10.0. The second-order valence-corrected chi connectivity index (χ2v) is 4.90. The number of nitrogens with two attached hydrogens (primary N) is 1. The second-order valence-electron chi connectivity index (χ2n) is 4.90. The highest BCUT2D eigenvalue weighted by Crippen LogP contribution is 2.33. The molecule has 0 aliphatic rings. The first-order valence-corrected chi connectivity index (χ1v) is 6.68. The zero-order valence-electron chi connectivity index (χ0n) is 11.9. The molecule has 4 nitrogen and oxygen atoms in total. The van der Waals surface area contributed by atoms with E-state index in [0.717, 1.165) is 12.1 Å². The summed E-state index contributed by atoms with van der Waals surface area (Å²) in [5.74, 6) is -0.729. The average molecular weight is 325 g/mol. The van der Waals surface area contributed by atoms with Gasteiger partial charge in [-0.25, -0.2) is 0 Å². The monoisotopic (exact) mass is 325 g/mol. The van der Waals surface area contributed by atoms with Crippen LogP contribution in [0.1, 0.15) is 23.6 Å². The molecule has 2 rings (SSSR count). The van der Waals surface area contributed by atoms with Gasteiger partial charge in [-0.05, 0) is 35.9 Å². The maximum atomic E-state index is 12.7. The molecule has 2 aromatic rings. The van der Waals surface area contributed by atoms with E-state index in [1.54, 1.807) is 18.2 Å². The van der Waals surface area contributed by atoms with Gasteiger partial charge in [-0.2, -0.15) is 13.2 Å². The number of carbonyl (C=O) groups is 1. The van der Waals surface area contributed by atoms with Crippen LogP contribution in [-0.2, 0) is 11.0 Å². The lowest BCUT2D eigenvalue weighted by Crippen LogP contribution is -2.14. The molecule has 0 aromatic heterocycles. The van der Waals surface area contributed by atoms with Gasteiger partial charge in [0.05, 0.1) is 12.0 Å². The van der Waals surface area contributed by atoms with Crippen LogP contribution in [0.15, 0.2) is 48.5 Å². The van der Waals surface area contributed by atoms with Gasteiger partial charge in [0.25, 0.3) is 0 Å². The molecule has 0 amide bonds. The quantitative estimate of drug-likeness (QED) is 0.872. The molecule has 1 atom stereocenters. The molecule has 23 heavy (non-hydrogen) atoms. The minimum Gasteiger partial charge on any atom is -0.481 e. The largest absolute Gasteiger partial charge is 0.481 e. The average Bonchev–Trinajstić information content (AvgIpc) is 2.46. The third kappa shape index (κ3) is 4.72. The molecule has 0 fully saturated rings. The maximum absolute atomic E-state index is 12.7. The Labute approximate surface area is 130 Å². The number of benzene rings is 2. The molecule has 0 radical (unpaired) electrons. The number of carboxylic acids is 1. The number of halogens is 3. The summed E-state index contributed by atoms with van der Waals surface area (Å²) in [5.41, 5.74) is 5.47. The van der Waals surface area contributed by atoms with Gasteiger partial charge in [-0.1, -0.05) is 18.2 Å². The normalized spacial score (nSPS) is 12.7. The fourth-order valence-corrected chi connectivity index (χ4v) is 1.99. The van der Waals surface area contributed by atoms with Crippen molar-refractivity contribution in [3.05, 3.63) is 59.7 Å². The van der Waals surface area contributed by atoms with Gasteiger partial charge in [-0.15, -0.1) is 0 Å². The van der Waals surface area contributed by atoms with Crippen LogP contribution in [0.3, 0.4) is 0 Å². The van der Waals surface area contributed by atoms with Gasteiger partial charge in [-0.3, -0.25) is 4.79 Å². The highest BCUT2D eigenvalue weighted by atomic mass is 19.4. The van der Waals surface area contributed by atoms with Crippen molar-refractivity contribution in [2.75, 3.05) is 0 Å². The highest BCUT2D eigenvalue weighted by Gasteiger charge is 2.30. The van der Waals surface area contributed by atoms with Crippen LogP contribution in [0, 0.1) is 0 Å². The summed E-state index contributed by atoms with van der Waals surface area (Å²) in [6.45, 7) is 0. The van der Waals surface area contributed by atoms with Crippen molar-refractivity contribution in [3.63, 3.8) is 0 Å². The van der Waals surface area contributed by atoms with E-state index in [2.05, 4.69) is 0 Å². The fraction of sp³-hybridized carbons (Fsp3) is 0.188. The zero-order chi connectivity index (χ0) is 17.0. The predicted molar refractivity (Wildman–Crippen MR) is 77.1 cm³/mol. The molecule has 7 heteroatoms. The van der Waals surface area contributed by atoms with E-state index in [1.165, 1.54) is 18.2 Å². The summed E-state index contributed by atoms with van der Waals surface area (Å²) in [6.07, 6.45) is -4.71. The molecular weight excluding hydrogens is 311 g/mol. The summed E-state index contributed by atoms with van der Waals surface area (Å²) in [5, 5.41) is 8.74. The number of ether oxygens (including phenoxy) is 1. The van der Waals surface area contributed by atoms with E-state index in [-0.39, 0.29) is 17.9 Å². The van der Waals surface area contributed by atoms with Crippen molar-refractivity contribution >= 4 is 5.97 Å². The molecule has 2 aromatic carbocycles. The van der Waals surface area contributed by atoms with E-state index in [9.17, 15) is 18.0 Å². The van der Waals surface area contributed by atoms with Gasteiger partial charge in [0.2, 0.25) is 0 Å². The number of hydrogen-bond donors (Lipinski definition) is 2. The van der Waals surface area contributed by atoms with Gasteiger partial charge < -0.3 is 15.6 Å². The number of alkyl halides is 3. The van der Waals surface area contributed by atoms with Crippen LogP contribution in [-0.4, -0.2) is 11.1 Å². The molecule has 3 N–H and O–H groups in total. The van der Waals surface area contributed by atoms with Crippen molar-refractivity contribution < 1.29 is 27.8 Å². The van der Waals surface area contributed by atoms with Gasteiger partial charge in [0.1, 0.15) is 11.5 Å². The van der Waals surface area contributed by atoms with Crippen LogP contribution in [0.5, 0.6) is 11.5 Å². The topological polar surface area (TPSA) is 72.6 Å². The lowest BCUT2D eigenvalue weighted by Gasteiger charge is -2.13. The third-order valence-corrected chi connectivity index (χ3v) is 3.08. The predicted octanol–water partition coefficient (Wildman–Crippen LogP) is 3.97. The summed E-state index contributed by atoms with van der Waals surface area (Å²) < 4.78 is 43.4. The van der Waals surface area contributed by atoms with Gasteiger partial charge >= 0.3 is 12.1 Å². The van der Waals surface area contributed by atoms with Crippen molar-refractivity contribution in [3.8, 4) is 11.5 Å². The fourth-order valence-electron chi connectivity index (χ4n) is 1.99. The van der Waals surface area contributed by atoms with E-state index < -0.39 is 23.8 Å². The van der Waals surface area contributed by atoms with E-state index >= 15 is 0 Å². The molecule has 122 valence electrons. The SMILES string of the molecule is NC(CC(=O)O)c1cccc(Oc2cccc(C(F)(F)F)c2)c1. The van der Waals surface area contributed by atoms with E-state index in [4.69, 9.17) is 15.6 Å². The summed E-state index contributed by atoms with van der Waals surface area (Å²) in [7, 11) is 0. The number of carboxylic acid groups (broad SMARTS) is 1. The van der Waals surface area contributed by atoms with E-state index in [1.807, 2.05) is 0 Å². The first-order chi connectivity index (χ1) is 10.8. The summed E-state index contributed by atoms with van der Waals surface area (Å²) >= 11 is 0. The Hall–Kier alpha value is -2.54. The number of rotatable bonds is 5. The maximum Gasteiger partial charge on any atom is 0.416 e. The summed E-state index contributed by atoms with van der Waals surface area (Å²) in [6, 6.07) is 10.1. The summed E-state index contributed by atoms with van der Waals surface area (Å²) in [4.78, 5) is 10.7. The minimum atomic E-state index is -4.45. The van der Waals surface area contributed by atoms with Crippen molar-refractivity contribution in [1.82, 2.24) is 0 Å². The van der Waals surface area contributed by atoms with E-state index in [0.29, 0.717) is 5.56 Å². The van der Waals surface area contributed by atoms with Crippen LogP contribution < -0.4 is 10.5 Å². The molecule has 0 aliphatic carbocycles. The molecule has 0 aliphatic heterocycles. The Bertz CT molecular complexity index is 701. The Morgan fingerprint density at radius 3 is 2.35 bits per heavy atom. The van der Waals surface area contributed by atoms with Gasteiger partial charge in [0.15, 0.2) is 0 Å². The smallest absolute Gasteiger partial charge is 0.416 e. The molecule has 0 saturated heterocycles. The Morgan fingerprint density at radius 1 is 1.13 bits per heavy atom. The molecular formula is C16H14F3NO3. The Morgan fingerprint density at radius 2 is 1.74 bits per heavy atom. The van der Waals surface area contributed by atoms with Crippen molar-refractivity contribution in [2.24, 2.45) is 5.73 Å². The number of hydrogen-bond acceptors (Lipinski definition) is 3. The highest BCUT2D eigenvalue weighted by molar-refractivity contribution is 5.67. The third-order valence-electron chi connectivity index (χ3n) is 3.08. The lowest BCUT2D eigenvalue weighted by molar-refractivity contribution is -0.138. The van der Waals surface area contributed by atoms with Crippen molar-refractivity contribution in [1.29, 1.82) is 0 Å². The van der Waals surface area contributed by atoms with Gasteiger partial charge in [0, 0.05) is 6.04 Å². The Kier molecular flexibility index (Phi) is 4.90. The first kappa shape index (κ1) is 16.8. The molecule has 0 saturated carbocycles.